The van der Waals surface area contributed by atoms with Crippen LogP contribution in [0.5, 0.6) is 5.75 Å². The van der Waals surface area contributed by atoms with E-state index < -0.39 is 0 Å². The van der Waals surface area contributed by atoms with E-state index in [0.717, 1.165) is 11.3 Å². The van der Waals surface area contributed by atoms with E-state index in [0.29, 0.717) is 11.3 Å². The summed E-state index contributed by atoms with van der Waals surface area (Å²) in [5.41, 5.74) is 2.49. The highest BCUT2D eigenvalue weighted by Gasteiger charge is 2.09. The van der Waals surface area contributed by atoms with Gasteiger partial charge in [0, 0.05) is 19.7 Å². The molecule has 0 fully saturated rings. The third kappa shape index (κ3) is 4.27. The van der Waals surface area contributed by atoms with Crippen molar-refractivity contribution < 1.29 is 9.53 Å². The molecule has 0 atom stereocenters. The summed E-state index contributed by atoms with van der Waals surface area (Å²) in [5.74, 6) is 6.43. The number of benzene rings is 2. The van der Waals surface area contributed by atoms with Gasteiger partial charge in [-0.25, -0.2) is 0 Å². The molecular formula is C19H20N2O2. The second kappa shape index (κ2) is 7.90. The molecule has 1 amide bonds. The molecule has 0 aliphatic heterocycles. The van der Waals surface area contributed by atoms with Gasteiger partial charge < -0.3 is 15.0 Å². The molecule has 0 radical (unpaired) electrons. The Balaban J connectivity index is 2.02. The molecule has 0 aromatic heterocycles. The molecule has 0 aliphatic rings. The van der Waals surface area contributed by atoms with E-state index in [1.165, 1.54) is 0 Å². The largest absolute Gasteiger partial charge is 0.496 e. The van der Waals surface area contributed by atoms with Crippen molar-refractivity contribution in [1.82, 2.24) is 5.32 Å². The summed E-state index contributed by atoms with van der Waals surface area (Å²) in [7, 11) is 5.50. The molecule has 23 heavy (non-hydrogen) atoms. The Labute approximate surface area is 137 Å². The second-order valence-corrected chi connectivity index (χ2v) is 5.10. The van der Waals surface area contributed by atoms with Crippen LogP contribution in [0.15, 0.2) is 48.5 Å². The number of anilines is 1. The lowest BCUT2D eigenvalue weighted by molar-refractivity contribution is 0.0955. The van der Waals surface area contributed by atoms with Crippen LogP contribution in [0.1, 0.15) is 15.9 Å². The topological polar surface area (TPSA) is 41.6 Å². The van der Waals surface area contributed by atoms with E-state index in [-0.39, 0.29) is 12.5 Å². The molecule has 0 aliphatic carbocycles. The van der Waals surface area contributed by atoms with Gasteiger partial charge >= 0.3 is 0 Å². The third-order valence-corrected chi connectivity index (χ3v) is 3.30. The van der Waals surface area contributed by atoms with Crippen LogP contribution in [0.3, 0.4) is 0 Å². The van der Waals surface area contributed by atoms with Crippen molar-refractivity contribution in [1.29, 1.82) is 0 Å². The molecule has 0 bridgehead atoms. The molecule has 1 N–H and O–H groups in total. The van der Waals surface area contributed by atoms with Gasteiger partial charge in [0.25, 0.3) is 5.91 Å². The number of methoxy groups -OCH3 is 1. The van der Waals surface area contributed by atoms with Crippen LogP contribution >= 0.6 is 0 Å². The summed E-state index contributed by atoms with van der Waals surface area (Å²) >= 11 is 0. The lowest BCUT2D eigenvalue weighted by atomic mass is 10.1. The molecule has 0 heterocycles. The third-order valence-electron chi connectivity index (χ3n) is 3.30. The molecule has 0 unspecified atom stereocenters. The SMILES string of the molecule is COc1ccccc1C(=O)NCC#Cc1ccccc1N(C)C. The van der Waals surface area contributed by atoms with E-state index in [1.807, 2.05) is 49.3 Å². The second-order valence-electron chi connectivity index (χ2n) is 5.10. The van der Waals surface area contributed by atoms with Crippen molar-refractivity contribution in [2.24, 2.45) is 0 Å². The lowest BCUT2D eigenvalue weighted by Gasteiger charge is -2.13. The molecular weight excluding hydrogens is 288 g/mol. The lowest BCUT2D eigenvalue weighted by Crippen LogP contribution is -2.24. The monoisotopic (exact) mass is 308 g/mol. The molecule has 4 nitrogen and oxygen atoms in total. The molecule has 118 valence electrons. The fourth-order valence-corrected chi connectivity index (χ4v) is 2.16. The van der Waals surface area contributed by atoms with E-state index >= 15 is 0 Å². The normalized spacial score (nSPS) is 9.52. The van der Waals surface area contributed by atoms with Gasteiger partial charge in [-0.05, 0) is 24.3 Å². The van der Waals surface area contributed by atoms with Crippen LogP contribution in [0.4, 0.5) is 5.69 Å². The maximum atomic E-state index is 12.1. The highest BCUT2D eigenvalue weighted by molar-refractivity contribution is 5.97. The number of hydrogen-bond acceptors (Lipinski definition) is 3. The Morgan fingerprint density at radius 2 is 1.83 bits per heavy atom. The predicted octanol–water partition coefficient (Wildman–Crippen LogP) is 2.54. The average molecular weight is 308 g/mol. The van der Waals surface area contributed by atoms with Gasteiger partial charge in [0.15, 0.2) is 0 Å². The van der Waals surface area contributed by atoms with E-state index in [2.05, 4.69) is 17.2 Å². The molecule has 0 spiro atoms. The standard InChI is InChI=1S/C19H20N2O2/c1-21(2)17-12-6-4-9-15(17)10-8-14-20-19(22)16-11-5-7-13-18(16)23-3/h4-7,9,11-13H,14H2,1-3H3,(H,20,22). The quantitative estimate of drug-likeness (QED) is 0.883. The minimum Gasteiger partial charge on any atom is -0.496 e. The summed E-state index contributed by atoms with van der Waals surface area (Å²) in [6.45, 7) is 0.276. The van der Waals surface area contributed by atoms with E-state index in [4.69, 9.17) is 4.74 Å². The number of rotatable bonds is 4. The summed E-state index contributed by atoms with van der Waals surface area (Å²) in [4.78, 5) is 14.2. The Morgan fingerprint density at radius 1 is 1.13 bits per heavy atom. The fraction of sp³-hybridized carbons (Fsp3) is 0.211. The Morgan fingerprint density at radius 3 is 2.57 bits per heavy atom. The van der Waals surface area contributed by atoms with Gasteiger partial charge in [-0.1, -0.05) is 36.1 Å². The Kier molecular flexibility index (Phi) is 5.65. The maximum Gasteiger partial charge on any atom is 0.255 e. The van der Waals surface area contributed by atoms with Crippen molar-refractivity contribution in [3.8, 4) is 17.6 Å². The fourth-order valence-electron chi connectivity index (χ4n) is 2.16. The summed E-state index contributed by atoms with van der Waals surface area (Å²) in [5, 5.41) is 2.79. The molecule has 2 aromatic rings. The van der Waals surface area contributed by atoms with Gasteiger partial charge in [0.05, 0.1) is 24.9 Å². The highest BCUT2D eigenvalue weighted by atomic mass is 16.5. The van der Waals surface area contributed by atoms with Crippen molar-refractivity contribution >= 4 is 11.6 Å². The number of nitrogens with one attached hydrogen (secondary N) is 1. The van der Waals surface area contributed by atoms with Crippen molar-refractivity contribution in [2.75, 3.05) is 32.6 Å². The van der Waals surface area contributed by atoms with Gasteiger partial charge in [-0.2, -0.15) is 0 Å². The number of hydrogen-bond donors (Lipinski definition) is 1. The summed E-state index contributed by atoms with van der Waals surface area (Å²) in [6, 6.07) is 15.0. The zero-order valence-corrected chi connectivity index (χ0v) is 13.6. The zero-order valence-electron chi connectivity index (χ0n) is 13.6. The van der Waals surface area contributed by atoms with Crippen LogP contribution in [0, 0.1) is 11.8 Å². The van der Waals surface area contributed by atoms with E-state index in [1.54, 1.807) is 25.3 Å². The molecule has 4 heteroatoms. The Hall–Kier alpha value is -2.93. The Bertz CT molecular complexity index is 742. The smallest absolute Gasteiger partial charge is 0.255 e. The molecule has 2 aromatic carbocycles. The first kappa shape index (κ1) is 16.4. The molecule has 0 saturated heterocycles. The van der Waals surface area contributed by atoms with Crippen LogP contribution in [0.2, 0.25) is 0 Å². The van der Waals surface area contributed by atoms with Crippen LogP contribution < -0.4 is 15.0 Å². The van der Waals surface area contributed by atoms with Gasteiger partial charge in [0.2, 0.25) is 0 Å². The first-order valence-electron chi connectivity index (χ1n) is 7.30. The number of carbonyl (C=O) groups is 1. The minimum atomic E-state index is -0.197. The van der Waals surface area contributed by atoms with Crippen LogP contribution in [-0.4, -0.2) is 33.7 Å². The van der Waals surface area contributed by atoms with Gasteiger partial charge in [-0.3, -0.25) is 4.79 Å². The number of carbonyl (C=O) groups excluding carboxylic acids is 1. The molecule has 0 saturated carbocycles. The maximum absolute atomic E-state index is 12.1. The van der Waals surface area contributed by atoms with Crippen LogP contribution in [0.25, 0.3) is 0 Å². The van der Waals surface area contributed by atoms with Gasteiger partial charge in [0.1, 0.15) is 5.75 Å². The van der Waals surface area contributed by atoms with Crippen LogP contribution in [-0.2, 0) is 0 Å². The van der Waals surface area contributed by atoms with Crippen molar-refractivity contribution in [3.05, 3.63) is 59.7 Å². The average Bonchev–Trinajstić information content (AvgIpc) is 2.58. The van der Waals surface area contributed by atoms with Crippen molar-refractivity contribution in [2.45, 2.75) is 0 Å². The predicted molar refractivity (Wildman–Crippen MR) is 93.0 cm³/mol. The van der Waals surface area contributed by atoms with E-state index in [9.17, 15) is 4.79 Å². The minimum absolute atomic E-state index is 0.197. The number of amides is 1. The number of nitrogens with zero attached hydrogens (tertiary/aromatic N) is 1. The zero-order chi connectivity index (χ0) is 16.7. The number of para-hydroxylation sites is 2. The van der Waals surface area contributed by atoms with Gasteiger partial charge in [-0.15, -0.1) is 0 Å². The first-order valence-corrected chi connectivity index (χ1v) is 7.30. The molecule has 2 rings (SSSR count). The first-order chi connectivity index (χ1) is 11.1. The highest BCUT2D eigenvalue weighted by Crippen LogP contribution is 2.17. The number of ether oxygens (including phenoxy) is 1. The summed E-state index contributed by atoms with van der Waals surface area (Å²) in [6.07, 6.45) is 0. The summed E-state index contributed by atoms with van der Waals surface area (Å²) < 4.78 is 5.18. The van der Waals surface area contributed by atoms with Crippen molar-refractivity contribution in [3.63, 3.8) is 0 Å².